The first-order chi connectivity index (χ1) is 12.8. The number of aryl methyl sites for hydroxylation is 2. The van der Waals surface area contributed by atoms with Gasteiger partial charge in [0, 0.05) is 44.6 Å². The maximum Gasteiger partial charge on any atom is 0.213 e. The van der Waals surface area contributed by atoms with Gasteiger partial charge in [0.25, 0.3) is 0 Å². The summed E-state index contributed by atoms with van der Waals surface area (Å²) >= 11 is 0. The van der Waals surface area contributed by atoms with Crippen molar-refractivity contribution in [3.8, 4) is 5.88 Å². The number of pyridine rings is 1. The lowest BCUT2D eigenvalue weighted by Gasteiger charge is -2.18. The van der Waals surface area contributed by atoms with E-state index < -0.39 is 0 Å². The molecule has 0 amide bonds. The van der Waals surface area contributed by atoms with Crippen LogP contribution in [0.5, 0.6) is 5.88 Å². The van der Waals surface area contributed by atoms with Gasteiger partial charge in [0.1, 0.15) is 0 Å². The van der Waals surface area contributed by atoms with Gasteiger partial charge in [-0.25, -0.2) is 4.98 Å². The van der Waals surface area contributed by atoms with Gasteiger partial charge in [-0.05, 0) is 52.2 Å². The molecule has 0 saturated heterocycles. The van der Waals surface area contributed by atoms with E-state index >= 15 is 0 Å². The first-order valence-corrected chi connectivity index (χ1v) is 9.38. The number of nitrogens with zero attached hydrogens (tertiary/aromatic N) is 4. The van der Waals surface area contributed by atoms with Crippen molar-refractivity contribution in [1.29, 1.82) is 0 Å². The van der Waals surface area contributed by atoms with Crippen LogP contribution in [0.4, 0.5) is 0 Å². The average Bonchev–Trinajstić information content (AvgIpc) is 2.85. The monoisotopic (exact) mass is 372 g/mol. The fourth-order valence-electron chi connectivity index (χ4n) is 2.91. The molecule has 0 saturated carbocycles. The molecule has 0 aliphatic carbocycles. The van der Waals surface area contributed by atoms with Gasteiger partial charge in [-0.2, -0.15) is 5.10 Å². The van der Waals surface area contributed by atoms with E-state index in [1.165, 1.54) is 11.3 Å². The van der Waals surface area contributed by atoms with Crippen molar-refractivity contribution in [3.05, 3.63) is 40.8 Å². The molecule has 2 aromatic rings. The Kier molecular flexibility index (Phi) is 7.21. The second-order valence-electron chi connectivity index (χ2n) is 7.12. The third-order valence-corrected chi connectivity index (χ3v) is 4.39. The van der Waals surface area contributed by atoms with Crippen LogP contribution in [0.1, 0.15) is 43.3 Å². The molecule has 0 aliphatic heterocycles. The number of aromatic nitrogens is 3. The van der Waals surface area contributed by atoms with Gasteiger partial charge >= 0.3 is 0 Å². The molecule has 0 bridgehead atoms. The van der Waals surface area contributed by atoms with E-state index in [2.05, 4.69) is 46.5 Å². The molecule has 2 heterocycles. The van der Waals surface area contributed by atoms with Gasteiger partial charge in [0.15, 0.2) is 5.96 Å². The Balaban J connectivity index is 1.88. The summed E-state index contributed by atoms with van der Waals surface area (Å²) < 4.78 is 7.51. The summed E-state index contributed by atoms with van der Waals surface area (Å²) in [5, 5.41) is 11.3. The molecule has 0 aliphatic rings. The number of nitrogens with one attached hydrogen (secondary N) is 2. The molecule has 0 aromatic carbocycles. The van der Waals surface area contributed by atoms with Crippen LogP contribution in [0.2, 0.25) is 0 Å². The minimum absolute atomic E-state index is 0.123. The van der Waals surface area contributed by atoms with Gasteiger partial charge in [-0.1, -0.05) is 6.07 Å². The summed E-state index contributed by atoms with van der Waals surface area (Å²) in [5.74, 6) is 1.41. The van der Waals surface area contributed by atoms with E-state index in [1.807, 2.05) is 43.9 Å². The summed E-state index contributed by atoms with van der Waals surface area (Å²) in [6, 6.07) is 4.14. The Hall–Kier alpha value is -2.57. The van der Waals surface area contributed by atoms with Crippen molar-refractivity contribution in [2.75, 3.05) is 7.05 Å². The lowest BCUT2D eigenvalue weighted by Crippen LogP contribution is -2.42. The van der Waals surface area contributed by atoms with Crippen LogP contribution in [0.3, 0.4) is 0 Å². The molecule has 2 rings (SSSR count). The molecule has 0 spiro atoms. The summed E-state index contributed by atoms with van der Waals surface area (Å²) in [4.78, 5) is 8.65. The maximum absolute atomic E-state index is 5.57. The van der Waals surface area contributed by atoms with Crippen molar-refractivity contribution in [2.24, 2.45) is 12.0 Å². The second-order valence-corrected chi connectivity index (χ2v) is 7.12. The number of hydrogen-bond donors (Lipinski definition) is 2. The highest BCUT2D eigenvalue weighted by atomic mass is 16.5. The minimum Gasteiger partial charge on any atom is -0.475 e. The molecule has 1 atom stereocenters. The molecule has 0 radical (unpaired) electrons. The zero-order valence-electron chi connectivity index (χ0n) is 17.5. The predicted octanol–water partition coefficient (Wildman–Crippen LogP) is 2.52. The predicted molar refractivity (Wildman–Crippen MR) is 109 cm³/mol. The number of guanidine groups is 1. The van der Waals surface area contributed by atoms with Crippen molar-refractivity contribution in [2.45, 2.75) is 59.7 Å². The molecule has 148 valence electrons. The molecule has 7 heteroatoms. The van der Waals surface area contributed by atoms with Crippen molar-refractivity contribution in [3.63, 3.8) is 0 Å². The zero-order valence-corrected chi connectivity index (χ0v) is 17.5. The molecule has 2 aromatic heterocycles. The Bertz CT molecular complexity index is 764. The fraction of sp³-hybridized carbons (Fsp3) is 0.550. The minimum atomic E-state index is 0.123. The topological polar surface area (TPSA) is 76.4 Å². The summed E-state index contributed by atoms with van der Waals surface area (Å²) in [7, 11) is 3.76. The summed E-state index contributed by atoms with van der Waals surface area (Å²) in [6.07, 6.45) is 2.84. The first-order valence-electron chi connectivity index (χ1n) is 9.38. The number of aliphatic imine (C=N–C) groups is 1. The molecule has 7 nitrogen and oxygen atoms in total. The standard InChI is InChI=1S/C20H32N6O/c1-13(2)27-19-9-8-17(11-22-19)12-23-20(21-6)24-14(3)10-18-15(4)25-26(7)16(18)5/h8-9,11,13-14H,10,12H2,1-7H3,(H2,21,23,24). The number of rotatable bonds is 7. The van der Waals surface area contributed by atoms with Crippen molar-refractivity contribution in [1.82, 2.24) is 25.4 Å². The quantitative estimate of drug-likeness (QED) is 0.577. The van der Waals surface area contributed by atoms with Crippen molar-refractivity contribution < 1.29 is 4.74 Å². The van der Waals surface area contributed by atoms with Crippen LogP contribution in [-0.2, 0) is 20.0 Å². The van der Waals surface area contributed by atoms with Crippen LogP contribution >= 0.6 is 0 Å². The van der Waals surface area contributed by atoms with E-state index in [0.29, 0.717) is 12.4 Å². The van der Waals surface area contributed by atoms with Crippen LogP contribution < -0.4 is 15.4 Å². The van der Waals surface area contributed by atoms with Gasteiger partial charge < -0.3 is 15.4 Å². The largest absolute Gasteiger partial charge is 0.475 e. The van der Waals surface area contributed by atoms with Gasteiger partial charge in [0.05, 0.1) is 11.8 Å². The SMILES string of the molecule is CN=C(NCc1ccc(OC(C)C)nc1)NC(C)Cc1c(C)nn(C)c1C. The van der Waals surface area contributed by atoms with Gasteiger partial charge in [-0.15, -0.1) is 0 Å². The fourth-order valence-corrected chi connectivity index (χ4v) is 2.91. The normalized spacial score (nSPS) is 13.0. The lowest BCUT2D eigenvalue weighted by atomic mass is 10.1. The molecule has 0 fully saturated rings. The Morgan fingerprint density at radius 2 is 2.00 bits per heavy atom. The van der Waals surface area contributed by atoms with Crippen LogP contribution in [0, 0.1) is 13.8 Å². The number of hydrogen-bond acceptors (Lipinski definition) is 4. The first kappa shape index (κ1) is 20.7. The highest BCUT2D eigenvalue weighted by molar-refractivity contribution is 5.79. The zero-order chi connectivity index (χ0) is 20.0. The Labute approximate surface area is 162 Å². The van der Waals surface area contributed by atoms with E-state index in [0.717, 1.165) is 23.6 Å². The number of ether oxygens (including phenoxy) is 1. The highest BCUT2D eigenvalue weighted by Gasteiger charge is 2.14. The summed E-state index contributed by atoms with van der Waals surface area (Å²) in [5.41, 5.74) is 4.65. The Morgan fingerprint density at radius 1 is 1.26 bits per heavy atom. The van der Waals surface area contributed by atoms with Crippen molar-refractivity contribution >= 4 is 5.96 Å². The molecule has 27 heavy (non-hydrogen) atoms. The van der Waals surface area contributed by atoms with E-state index in [9.17, 15) is 0 Å². The molecular formula is C20H32N6O. The highest BCUT2D eigenvalue weighted by Crippen LogP contribution is 2.14. The third kappa shape index (κ3) is 5.98. The maximum atomic E-state index is 5.57. The van der Waals surface area contributed by atoms with E-state index in [-0.39, 0.29) is 12.1 Å². The van der Waals surface area contributed by atoms with E-state index in [4.69, 9.17) is 4.74 Å². The van der Waals surface area contributed by atoms with Crippen LogP contribution in [0.25, 0.3) is 0 Å². The molecular weight excluding hydrogens is 340 g/mol. The molecule has 2 N–H and O–H groups in total. The van der Waals surface area contributed by atoms with Gasteiger partial charge in [-0.3, -0.25) is 9.67 Å². The van der Waals surface area contributed by atoms with E-state index in [1.54, 1.807) is 7.05 Å². The Morgan fingerprint density at radius 3 is 2.52 bits per heavy atom. The van der Waals surface area contributed by atoms with Gasteiger partial charge in [0.2, 0.25) is 5.88 Å². The summed E-state index contributed by atoms with van der Waals surface area (Å²) in [6.45, 7) is 10.9. The smallest absolute Gasteiger partial charge is 0.213 e. The average molecular weight is 373 g/mol. The second kappa shape index (κ2) is 9.39. The van der Waals surface area contributed by atoms with Crippen LogP contribution in [0.15, 0.2) is 23.3 Å². The third-order valence-electron chi connectivity index (χ3n) is 4.39. The molecule has 1 unspecified atom stereocenters. The van der Waals surface area contributed by atoms with Crippen LogP contribution in [-0.4, -0.2) is 39.9 Å². The lowest BCUT2D eigenvalue weighted by molar-refractivity contribution is 0.232.